The molecule has 0 aromatic rings. The SMILES string of the molecule is CCCCCCC/C=C\C/C=C\C/C=C\CCCCCCCCCCC(=O)OC(COCCCCCCCC/C=C\CCCCCCCCC)COP(=O)(O)OCC(N)C(=O)O. The number of phosphoric acid groups is 1. The van der Waals surface area contributed by atoms with E-state index in [1.807, 2.05) is 0 Å². The maximum Gasteiger partial charge on any atom is 0.472 e. The summed E-state index contributed by atoms with van der Waals surface area (Å²) in [4.78, 5) is 33.7. The van der Waals surface area contributed by atoms with Gasteiger partial charge < -0.3 is 25.2 Å². The third-order valence-electron chi connectivity index (χ3n) is 10.8. The highest BCUT2D eigenvalue weighted by Gasteiger charge is 2.27. The van der Waals surface area contributed by atoms with Crippen LogP contribution in [0.4, 0.5) is 0 Å². The van der Waals surface area contributed by atoms with Gasteiger partial charge in [0.2, 0.25) is 0 Å². The predicted octanol–water partition coefficient (Wildman–Crippen LogP) is 14.6. The minimum absolute atomic E-state index is 0.00955. The van der Waals surface area contributed by atoms with Gasteiger partial charge in [0.25, 0.3) is 0 Å². The average molecular weight is 896 g/mol. The molecule has 3 unspecified atom stereocenters. The average Bonchev–Trinajstić information content (AvgIpc) is 3.25. The highest BCUT2D eigenvalue weighted by molar-refractivity contribution is 7.47. The van der Waals surface area contributed by atoms with E-state index in [2.05, 4.69) is 62.5 Å². The van der Waals surface area contributed by atoms with Crippen molar-refractivity contribution in [3.63, 3.8) is 0 Å². The van der Waals surface area contributed by atoms with Crippen molar-refractivity contribution in [3.8, 4) is 0 Å². The summed E-state index contributed by atoms with van der Waals surface area (Å²) in [6.07, 6.45) is 55.9. The molecule has 0 aliphatic heterocycles. The van der Waals surface area contributed by atoms with Crippen LogP contribution in [-0.2, 0) is 32.7 Å². The van der Waals surface area contributed by atoms with Crippen LogP contribution in [0, 0.1) is 0 Å². The lowest BCUT2D eigenvalue weighted by Crippen LogP contribution is -2.34. The fourth-order valence-corrected chi connectivity index (χ4v) is 7.68. The summed E-state index contributed by atoms with van der Waals surface area (Å²) in [7, 11) is -4.63. The van der Waals surface area contributed by atoms with Gasteiger partial charge in [-0.15, -0.1) is 0 Å². The molecule has 0 aromatic heterocycles. The number of nitrogens with two attached hydrogens (primary N) is 1. The molecule has 362 valence electrons. The summed E-state index contributed by atoms with van der Waals surface area (Å²) in [5.41, 5.74) is 5.37. The van der Waals surface area contributed by atoms with Gasteiger partial charge in [0.05, 0.1) is 19.8 Å². The zero-order chi connectivity index (χ0) is 45.5. The van der Waals surface area contributed by atoms with E-state index in [4.69, 9.17) is 29.4 Å². The van der Waals surface area contributed by atoms with E-state index in [1.54, 1.807) is 0 Å². The first-order valence-electron chi connectivity index (χ1n) is 25.2. The molecule has 0 rings (SSSR count). The van der Waals surface area contributed by atoms with Gasteiger partial charge in [-0.3, -0.25) is 18.6 Å². The van der Waals surface area contributed by atoms with Crippen molar-refractivity contribution in [1.29, 1.82) is 0 Å². The number of ether oxygens (including phenoxy) is 2. The number of hydrogen-bond acceptors (Lipinski definition) is 8. The van der Waals surface area contributed by atoms with Crippen molar-refractivity contribution in [1.82, 2.24) is 0 Å². The molecule has 0 heterocycles. The number of hydrogen-bond donors (Lipinski definition) is 3. The lowest BCUT2D eigenvalue weighted by atomic mass is 10.1. The van der Waals surface area contributed by atoms with Crippen LogP contribution in [0.1, 0.15) is 226 Å². The van der Waals surface area contributed by atoms with E-state index >= 15 is 0 Å². The molecule has 0 saturated carbocycles. The number of allylic oxidation sites excluding steroid dienone is 8. The topological polar surface area (TPSA) is 155 Å². The Hall–Kier alpha value is -2.07. The number of unbranched alkanes of at least 4 members (excludes halogenated alkanes) is 26. The predicted molar refractivity (Wildman–Crippen MR) is 258 cm³/mol. The number of phosphoric ester groups is 1. The number of carboxylic acids is 1. The molecular weight excluding hydrogens is 802 g/mol. The monoisotopic (exact) mass is 896 g/mol. The summed E-state index contributed by atoms with van der Waals surface area (Å²) < 4.78 is 33.5. The molecule has 0 aliphatic rings. The van der Waals surface area contributed by atoms with Gasteiger partial charge in [-0.05, 0) is 77.0 Å². The number of carboxylic acid groups (broad SMARTS) is 1. The van der Waals surface area contributed by atoms with Gasteiger partial charge in [0, 0.05) is 13.0 Å². The van der Waals surface area contributed by atoms with Crippen LogP contribution in [0.15, 0.2) is 48.6 Å². The number of esters is 1. The van der Waals surface area contributed by atoms with Crippen LogP contribution in [0.25, 0.3) is 0 Å². The summed E-state index contributed by atoms with van der Waals surface area (Å²) >= 11 is 0. The lowest BCUT2D eigenvalue weighted by molar-refractivity contribution is -0.154. The van der Waals surface area contributed by atoms with Gasteiger partial charge in [-0.1, -0.05) is 191 Å². The van der Waals surface area contributed by atoms with E-state index in [0.29, 0.717) is 13.0 Å². The smallest absolute Gasteiger partial charge is 0.472 e. The Bertz CT molecular complexity index is 1170. The van der Waals surface area contributed by atoms with Crippen LogP contribution in [-0.4, -0.2) is 60.5 Å². The maximum absolute atomic E-state index is 12.7. The van der Waals surface area contributed by atoms with Gasteiger partial charge in [-0.25, -0.2) is 4.57 Å². The normalized spacial score (nSPS) is 14.1. The third-order valence-corrected chi connectivity index (χ3v) is 11.8. The van der Waals surface area contributed by atoms with Crippen molar-refractivity contribution in [2.75, 3.05) is 26.4 Å². The molecular formula is C51H94NO9P. The molecule has 0 spiro atoms. The Labute approximate surface area is 379 Å². The van der Waals surface area contributed by atoms with E-state index in [9.17, 15) is 19.0 Å². The molecule has 0 aliphatic carbocycles. The molecule has 0 radical (unpaired) electrons. The molecule has 3 atom stereocenters. The first-order chi connectivity index (χ1) is 30.2. The van der Waals surface area contributed by atoms with Crippen LogP contribution in [0.2, 0.25) is 0 Å². The summed E-state index contributed by atoms with van der Waals surface area (Å²) in [5, 5.41) is 8.92. The number of aliphatic carboxylic acids is 1. The van der Waals surface area contributed by atoms with E-state index < -0.39 is 45.1 Å². The standard InChI is InChI=1S/C51H94NO9P/c1-3-5-7-9-11-13-15-17-19-21-22-23-24-25-26-27-29-31-33-35-37-39-41-43-50(53)61-48(46-59-62(56,57)60-47-49(52)51(54)55)45-58-44-42-40-38-36-34-32-30-28-20-18-16-14-12-10-8-6-4-2/h15,17,20-22,24-25,28,48-49H,3-14,16,18-19,23,26-27,29-47,52H2,1-2H3,(H,54,55)(H,56,57)/b17-15-,22-21-,25-24-,28-20-. The second-order valence-electron chi connectivity index (χ2n) is 16.9. The van der Waals surface area contributed by atoms with Crippen molar-refractivity contribution in [2.45, 2.75) is 238 Å². The van der Waals surface area contributed by atoms with Crippen LogP contribution >= 0.6 is 7.82 Å². The van der Waals surface area contributed by atoms with Gasteiger partial charge in [0.1, 0.15) is 12.1 Å². The maximum atomic E-state index is 12.7. The van der Waals surface area contributed by atoms with Crippen molar-refractivity contribution < 1.29 is 42.7 Å². The minimum Gasteiger partial charge on any atom is -0.480 e. The highest BCUT2D eigenvalue weighted by atomic mass is 31.2. The highest BCUT2D eigenvalue weighted by Crippen LogP contribution is 2.43. The van der Waals surface area contributed by atoms with Crippen molar-refractivity contribution in [3.05, 3.63) is 48.6 Å². The molecule has 10 nitrogen and oxygen atoms in total. The Morgan fingerprint density at radius 1 is 0.516 bits per heavy atom. The molecule has 0 bridgehead atoms. The number of carbonyl (C=O) groups is 2. The second-order valence-corrected chi connectivity index (χ2v) is 18.4. The fourth-order valence-electron chi connectivity index (χ4n) is 6.90. The zero-order valence-electron chi connectivity index (χ0n) is 39.7. The summed E-state index contributed by atoms with van der Waals surface area (Å²) in [6, 6.07) is -1.48. The number of rotatable bonds is 48. The second kappa shape index (κ2) is 46.9. The van der Waals surface area contributed by atoms with Gasteiger partial charge in [0.15, 0.2) is 0 Å². The van der Waals surface area contributed by atoms with E-state index in [1.165, 1.54) is 135 Å². The Morgan fingerprint density at radius 3 is 1.34 bits per heavy atom. The van der Waals surface area contributed by atoms with E-state index in [-0.39, 0.29) is 13.0 Å². The van der Waals surface area contributed by atoms with Crippen LogP contribution in [0.5, 0.6) is 0 Å². The first-order valence-corrected chi connectivity index (χ1v) is 26.7. The van der Waals surface area contributed by atoms with E-state index in [0.717, 1.165) is 64.2 Å². The van der Waals surface area contributed by atoms with Crippen molar-refractivity contribution in [2.24, 2.45) is 5.73 Å². The quantitative estimate of drug-likeness (QED) is 0.0233. The van der Waals surface area contributed by atoms with Crippen LogP contribution in [0.3, 0.4) is 0 Å². The van der Waals surface area contributed by atoms with Gasteiger partial charge in [-0.2, -0.15) is 0 Å². The molecule has 0 fully saturated rings. The van der Waals surface area contributed by atoms with Crippen LogP contribution < -0.4 is 5.73 Å². The zero-order valence-corrected chi connectivity index (χ0v) is 40.6. The minimum atomic E-state index is -4.63. The summed E-state index contributed by atoms with van der Waals surface area (Å²) in [6.45, 7) is 3.87. The Morgan fingerprint density at radius 2 is 0.887 bits per heavy atom. The van der Waals surface area contributed by atoms with Crippen molar-refractivity contribution >= 4 is 19.8 Å². The molecule has 62 heavy (non-hydrogen) atoms. The molecule has 4 N–H and O–H groups in total. The molecule has 0 amide bonds. The largest absolute Gasteiger partial charge is 0.480 e. The Balaban J connectivity index is 4.18. The molecule has 11 heteroatoms. The fraction of sp³-hybridized carbons (Fsp3) is 0.804. The first kappa shape index (κ1) is 59.9. The summed E-state index contributed by atoms with van der Waals surface area (Å²) in [5.74, 6) is -1.79. The number of carbonyl (C=O) groups excluding carboxylic acids is 1. The molecule has 0 aromatic carbocycles. The van der Waals surface area contributed by atoms with Gasteiger partial charge >= 0.3 is 19.8 Å². The lowest BCUT2D eigenvalue weighted by Gasteiger charge is -2.20. The Kier molecular flexibility index (Phi) is 45.3. The third kappa shape index (κ3) is 45.9. The molecule has 0 saturated heterocycles.